The van der Waals surface area contributed by atoms with Crippen LogP contribution in [0.4, 0.5) is 0 Å². The summed E-state index contributed by atoms with van der Waals surface area (Å²) in [6.45, 7) is 2.81. The Morgan fingerprint density at radius 3 is 2.94 bits per heavy atom. The topological polar surface area (TPSA) is 44.5 Å². The Bertz CT molecular complexity index is 457. The second-order valence-corrected chi connectivity index (χ2v) is 6.18. The van der Waals surface area contributed by atoms with E-state index in [4.69, 9.17) is 15.2 Å². The number of rotatable bonds is 2. The number of benzene rings is 1. The van der Waals surface area contributed by atoms with Crippen LogP contribution in [0.25, 0.3) is 0 Å². The molecule has 1 fully saturated rings. The standard InChI is InChI=1S/C14H18BrNO2/c1-2-17-10-6-14(7-10)8-12(16)11-4-3-9(15)5-13(11)18-14/h3-5,10,12H,2,6-8,16H2,1H3. The Balaban J connectivity index is 1.80. The van der Waals surface area contributed by atoms with E-state index in [1.807, 2.05) is 19.1 Å². The van der Waals surface area contributed by atoms with Gasteiger partial charge in [-0.05, 0) is 19.1 Å². The quantitative estimate of drug-likeness (QED) is 0.912. The minimum atomic E-state index is -0.0902. The molecule has 3 rings (SSSR count). The molecule has 0 amide bonds. The lowest BCUT2D eigenvalue weighted by Gasteiger charge is -2.51. The van der Waals surface area contributed by atoms with E-state index < -0.39 is 0 Å². The lowest BCUT2D eigenvalue weighted by Crippen LogP contribution is -2.55. The Morgan fingerprint density at radius 2 is 2.22 bits per heavy atom. The molecule has 0 radical (unpaired) electrons. The van der Waals surface area contributed by atoms with E-state index in [1.165, 1.54) is 0 Å². The van der Waals surface area contributed by atoms with Crippen molar-refractivity contribution < 1.29 is 9.47 Å². The molecule has 1 aromatic rings. The molecule has 1 unspecified atom stereocenters. The smallest absolute Gasteiger partial charge is 0.126 e. The van der Waals surface area contributed by atoms with Crippen LogP contribution < -0.4 is 10.5 Å². The molecule has 2 N–H and O–H groups in total. The molecule has 1 aromatic carbocycles. The number of fused-ring (bicyclic) bond motifs is 1. The van der Waals surface area contributed by atoms with E-state index in [9.17, 15) is 0 Å². The van der Waals surface area contributed by atoms with E-state index in [2.05, 4.69) is 22.0 Å². The second-order valence-electron chi connectivity index (χ2n) is 5.26. The Labute approximate surface area is 116 Å². The van der Waals surface area contributed by atoms with Crippen LogP contribution in [-0.4, -0.2) is 18.3 Å². The van der Waals surface area contributed by atoms with Crippen LogP contribution in [0.5, 0.6) is 5.75 Å². The molecule has 4 heteroatoms. The van der Waals surface area contributed by atoms with Crippen LogP contribution in [-0.2, 0) is 4.74 Å². The molecule has 3 nitrogen and oxygen atoms in total. The first-order chi connectivity index (χ1) is 8.62. The van der Waals surface area contributed by atoms with E-state index in [1.54, 1.807) is 0 Å². The summed E-state index contributed by atoms with van der Waals surface area (Å²) in [7, 11) is 0. The van der Waals surface area contributed by atoms with Crippen LogP contribution in [0.3, 0.4) is 0 Å². The van der Waals surface area contributed by atoms with E-state index >= 15 is 0 Å². The zero-order chi connectivity index (χ0) is 12.8. The lowest BCUT2D eigenvalue weighted by atomic mass is 9.71. The third-order valence-electron chi connectivity index (χ3n) is 3.90. The van der Waals surface area contributed by atoms with Gasteiger partial charge >= 0.3 is 0 Å². The average molecular weight is 312 g/mol. The molecule has 0 aromatic heterocycles. The molecule has 1 heterocycles. The maximum atomic E-state index is 6.26. The highest BCUT2D eigenvalue weighted by Crippen LogP contribution is 2.49. The molecule has 18 heavy (non-hydrogen) atoms. The number of hydrogen-bond acceptors (Lipinski definition) is 3. The van der Waals surface area contributed by atoms with Gasteiger partial charge in [0, 0.05) is 41.9 Å². The highest BCUT2D eigenvalue weighted by atomic mass is 79.9. The van der Waals surface area contributed by atoms with Crippen LogP contribution in [0.15, 0.2) is 22.7 Å². The molecule has 2 aliphatic rings. The number of halogens is 1. The average Bonchev–Trinajstić information content (AvgIpc) is 2.26. The van der Waals surface area contributed by atoms with Gasteiger partial charge in [-0.1, -0.05) is 22.0 Å². The summed E-state index contributed by atoms with van der Waals surface area (Å²) in [5.41, 5.74) is 7.29. The van der Waals surface area contributed by atoms with Gasteiger partial charge in [0.1, 0.15) is 11.4 Å². The first kappa shape index (κ1) is 12.5. The summed E-state index contributed by atoms with van der Waals surface area (Å²) in [6.07, 6.45) is 3.16. The van der Waals surface area contributed by atoms with Gasteiger partial charge in [0.05, 0.1) is 6.10 Å². The second kappa shape index (κ2) is 4.51. The fraction of sp³-hybridized carbons (Fsp3) is 0.571. The van der Waals surface area contributed by atoms with Gasteiger partial charge < -0.3 is 15.2 Å². The minimum absolute atomic E-state index is 0.0735. The predicted octanol–water partition coefficient (Wildman–Crippen LogP) is 3.17. The lowest BCUT2D eigenvalue weighted by molar-refractivity contribution is -0.134. The summed E-state index contributed by atoms with van der Waals surface area (Å²) in [4.78, 5) is 0. The van der Waals surface area contributed by atoms with Crippen LogP contribution in [0.1, 0.15) is 37.8 Å². The molecule has 1 aliphatic carbocycles. The van der Waals surface area contributed by atoms with Gasteiger partial charge in [-0.3, -0.25) is 0 Å². The summed E-state index contributed by atoms with van der Waals surface area (Å²) in [5.74, 6) is 0.929. The van der Waals surface area contributed by atoms with E-state index in [-0.39, 0.29) is 11.6 Å². The Kier molecular flexibility index (Phi) is 3.12. The number of hydrogen-bond donors (Lipinski definition) is 1. The van der Waals surface area contributed by atoms with Gasteiger partial charge in [0.15, 0.2) is 0 Å². The molecule has 1 spiro atoms. The maximum Gasteiger partial charge on any atom is 0.126 e. The SMILES string of the molecule is CCOC1CC2(C1)CC(N)c1ccc(Br)cc1O2. The molecule has 98 valence electrons. The fourth-order valence-electron chi connectivity index (χ4n) is 3.06. The Hall–Kier alpha value is -0.580. The third kappa shape index (κ3) is 2.06. The monoisotopic (exact) mass is 311 g/mol. The summed E-state index contributed by atoms with van der Waals surface area (Å²) < 4.78 is 12.8. The molecule has 1 atom stereocenters. The third-order valence-corrected chi connectivity index (χ3v) is 4.39. The van der Waals surface area contributed by atoms with Crippen molar-refractivity contribution >= 4 is 15.9 Å². The van der Waals surface area contributed by atoms with Gasteiger partial charge in [-0.2, -0.15) is 0 Å². The number of ether oxygens (including phenoxy) is 2. The van der Waals surface area contributed by atoms with Crippen molar-refractivity contribution in [3.63, 3.8) is 0 Å². The summed E-state index contributed by atoms with van der Waals surface area (Å²) in [6, 6.07) is 6.16. The van der Waals surface area contributed by atoms with Crippen molar-refractivity contribution in [2.75, 3.05) is 6.61 Å². The van der Waals surface area contributed by atoms with Gasteiger partial charge in [-0.25, -0.2) is 0 Å². The van der Waals surface area contributed by atoms with Crippen molar-refractivity contribution in [3.05, 3.63) is 28.2 Å². The predicted molar refractivity (Wildman–Crippen MR) is 73.7 cm³/mol. The number of nitrogens with two attached hydrogens (primary N) is 1. The highest BCUT2D eigenvalue weighted by Gasteiger charge is 2.50. The zero-order valence-electron chi connectivity index (χ0n) is 10.5. The first-order valence-electron chi connectivity index (χ1n) is 6.47. The van der Waals surface area contributed by atoms with Crippen LogP contribution >= 0.6 is 15.9 Å². The van der Waals surface area contributed by atoms with Gasteiger partial charge in [0.2, 0.25) is 0 Å². The molecule has 1 saturated carbocycles. The first-order valence-corrected chi connectivity index (χ1v) is 7.27. The highest BCUT2D eigenvalue weighted by molar-refractivity contribution is 9.10. The van der Waals surface area contributed by atoms with Gasteiger partial charge in [-0.15, -0.1) is 0 Å². The fourth-order valence-corrected chi connectivity index (χ4v) is 3.40. The van der Waals surface area contributed by atoms with Crippen LogP contribution in [0, 0.1) is 0 Å². The minimum Gasteiger partial charge on any atom is -0.487 e. The van der Waals surface area contributed by atoms with E-state index in [0.29, 0.717) is 6.10 Å². The zero-order valence-corrected chi connectivity index (χ0v) is 12.1. The molecular formula is C14H18BrNO2. The van der Waals surface area contributed by atoms with Crippen molar-refractivity contribution in [2.24, 2.45) is 5.73 Å². The largest absolute Gasteiger partial charge is 0.487 e. The molecule has 0 bridgehead atoms. The normalized spacial score (nSPS) is 33.7. The van der Waals surface area contributed by atoms with Gasteiger partial charge in [0.25, 0.3) is 0 Å². The van der Waals surface area contributed by atoms with Crippen molar-refractivity contribution in [2.45, 2.75) is 43.9 Å². The Morgan fingerprint density at radius 1 is 1.44 bits per heavy atom. The summed E-state index contributed by atoms with van der Waals surface area (Å²) >= 11 is 3.48. The van der Waals surface area contributed by atoms with Crippen molar-refractivity contribution in [3.8, 4) is 5.75 Å². The summed E-state index contributed by atoms with van der Waals surface area (Å²) in [5, 5.41) is 0. The molecular weight excluding hydrogens is 294 g/mol. The van der Waals surface area contributed by atoms with Crippen molar-refractivity contribution in [1.29, 1.82) is 0 Å². The van der Waals surface area contributed by atoms with E-state index in [0.717, 1.165) is 41.7 Å². The molecule has 0 saturated heterocycles. The molecule has 1 aliphatic heterocycles. The van der Waals surface area contributed by atoms with Crippen LogP contribution in [0.2, 0.25) is 0 Å². The maximum absolute atomic E-state index is 6.26. The van der Waals surface area contributed by atoms with Crippen molar-refractivity contribution in [1.82, 2.24) is 0 Å².